The summed E-state index contributed by atoms with van der Waals surface area (Å²) < 4.78 is 0. The van der Waals surface area contributed by atoms with Gasteiger partial charge >= 0.3 is 0 Å². The number of para-hydroxylation sites is 1. The van der Waals surface area contributed by atoms with E-state index >= 15 is 0 Å². The van der Waals surface area contributed by atoms with Crippen molar-refractivity contribution in [1.29, 1.82) is 0 Å². The fraction of sp³-hybridized carbons (Fsp3) is 0.448. The van der Waals surface area contributed by atoms with Crippen molar-refractivity contribution in [2.24, 2.45) is 5.92 Å². The zero-order valence-corrected chi connectivity index (χ0v) is 19.7. The van der Waals surface area contributed by atoms with E-state index in [0.717, 1.165) is 67.3 Å². The highest BCUT2D eigenvalue weighted by Crippen LogP contribution is 2.50. The normalized spacial score (nSPS) is 22.2. The van der Waals surface area contributed by atoms with Gasteiger partial charge in [0.15, 0.2) is 0 Å². The summed E-state index contributed by atoms with van der Waals surface area (Å²) in [6, 6.07) is 10.3. The Kier molecular flexibility index (Phi) is 6.64. The zero-order valence-electron chi connectivity index (χ0n) is 19.7. The molecule has 3 atom stereocenters. The molecule has 2 aliphatic rings. The van der Waals surface area contributed by atoms with Crippen LogP contribution in [-0.2, 0) is 12.8 Å². The SMILES string of the molecule is C=C(C)C1CCC(C)=CC1c1c(O)cc(CCCCC)c(C2Cc3ccccc3N2)c1O. The molecule has 3 heteroatoms. The summed E-state index contributed by atoms with van der Waals surface area (Å²) in [7, 11) is 0. The van der Waals surface area contributed by atoms with Gasteiger partial charge in [-0.1, -0.05) is 61.8 Å². The maximum absolute atomic E-state index is 11.7. The van der Waals surface area contributed by atoms with Gasteiger partial charge in [0.2, 0.25) is 0 Å². The molecule has 0 amide bonds. The molecule has 1 heterocycles. The molecule has 0 bridgehead atoms. The Bertz CT molecular complexity index is 1010. The standard InChI is InChI=1S/C29H37NO2/c1-5-6-7-11-21-17-26(31)28(23-15-19(4)13-14-22(23)18(2)3)29(32)27(21)25-16-20-10-8-9-12-24(20)30-25/h8-10,12,15,17,22-23,25,30-32H,2,5-7,11,13-14,16H2,1,3-4H3. The van der Waals surface area contributed by atoms with E-state index in [1.807, 2.05) is 12.1 Å². The lowest BCUT2D eigenvalue weighted by molar-refractivity contribution is 0.400. The van der Waals surface area contributed by atoms with Gasteiger partial charge in [-0.25, -0.2) is 0 Å². The molecule has 170 valence electrons. The average molecular weight is 432 g/mol. The number of aromatic hydroxyl groups is 2. The van der Waals surface area contributed by atoms with Gasteiger partial charge in [0.1, 0.15) is 11.5 Å². The maximum Gasteiger partial charge on any atom is 0.128 e. The molecule has 3 nitrogen and oxygen atoms in total. The highest BCUT2D eigenvalue weighted by atomic mass is 16.3. The summed E-state index contributed by atoms with van der Waals surface area (Å²) in [5.41, 5.74) is 7.53. The third-order valence-electron chi connectivity index (χ3n) is 7.33. The Hall–Kier alpha value is -2.68. The fourth-order valence-electron chi connectivity index (χ4n) is 5.61. The average Bonchev–Trinajstić information content (AvgIpc) is 3.17. The molecule has 0 fully saturated rings. The summed E-state index contributed by atoms with van der Waals surface area (Å²) in [5.74, 6) is 0.663. The van der Waals surface area contributed by atoms with Crippen LogP contribution in [0, 0.1) is 5.92 Å². The van der Waals surface area contributed by atoms with Crippen molar-refractivity contribution in [2.75, 3.05) is 5.32 Å². The Balaban J connectivity index is 1.81. The minimum atomic E-state index is -0.0477. The molecule has 1 aliphatic heterocycles. The van der Waals surface area contributed by atoms with Crippen LogP contribution in [0.25, 0.3) is 0 Å². The summed E-state index contributed by atoms with van der Waals surface area (Å²) in [5, 5.41) is 26.5. The second-order valence-electron chi connectivity index (χ2n) is 9.78. The number of unbranched alkanes of at least 4 members (excludes halogenated alkanes) is 2. The third kappa shape index (κ3) is 4.30. The largest absolute Gasteiger partial charge is 0.507 e. The van der Waals surface area contributed by atoms with E-state index < -0.39 is 0 Å². The molecule has 3 unspecified atom stereocenters. The molecule has 0 radical (unpaired) electrons. The molecule has 0 saturated carbocycles. The van der Waals surface area contributed by atoms with Crippen LogP contribution >= 0.6 is 0 Å². The van der Waals surface area contributed by atoms with Crippen LogP contribution in [0.2, 0.25) is 0 Å². The lowest BCUT2D eigenvalue weighted by Crippen LogP contribution is -2.19. The topological polar surface area (TPSA) is 52.5 Å². The van der Waals surface area contributed by atoms with E-state index in [9.17, 15) is 10.2 Å². The van der Waals surface area contributed by atoms with Crippen molar-refractivity contribution in [1.82, 2.24) is 0 Å². The van der Waals surface area contributed by atoms with Gasteiger partial charge in [-0.15, -0.1) is 0 Å². The molecule has 2 aromatic carbocycles. The number of hydrogen-bond donors (Lipinski definition) is 3. The van der Waals surface area contributed by atoms with Crippen molar-refractivity contribution >= 4 is 5.69 Å². The smallest absolute Gasteiger partial charge is 0.128 e. The van der Waals surface area contributed by atoms with Crippen LogP contribution in [0.15, 0.2) is 54.1 Å². The molecular formula is C29H37NO2. The lowest BCUT2D eigenvalue weighted by atomic mass is 9.73. The molecule has 0 spiro atoms. The quantitative estimate of drug-likeness (QED) is 0.313. The third-order valence-corrected chi connectivity index (χ3v) is 7.33. The summed E-state index contributed by atoms with van der Waals surface area (Å²) in [4.78, 5) is 0. The number of allylic oxidation sites excluding steroid dienone is 3. The molecule has 1 aliphatic carbocycles. The first-order valence-electron chi connectivity index (χ1n) is 12.1. The van der Waals surface area contributed by atoms with Gasteiger partial charge < -0.3 is 15.5 Å². The Morgan fingerprint density at radius 2 is 1.94 bits per heavy atom. The van der Waals surface area contributed by atoms with E-state index in [4.69, 9.17) is 0 Å². The Morgan fingerprint density at radius 1 is 1.16 bits per heavy atom. The first-order chi connectivity index (χ1) is 15.4. The molecule has 4 rings (SSSR count). The van der Waals surface area contributed by atoms with Crippen LogP contribution in [-0.4, -0.2) is 10.2 Å². The van der Waals surface area contributed by atoms with Gasteiger partial charge in [0.25, 0.3) is 0 Å². The van der Waals surface area contributed by atoms with Crippen molar-refractivity contribution in [3.8, 4) is 11.5 Å². The number of nitrogens with one attached hydrogen (secondary N) is 1. The van der Waals surface area contributed by atoms with E-state index in [2.05, 4.69) is 56.9 Å². The van der Waals surface area contributed by atoms with Crippen molar-refractivity contribution < 1.29 is 10.2 Å². The second kappa shape index (κ2) is 9.44. The molecular weight excluding hydrogens is 394 g/mol. The monoisotopic (exact) mass is 431 g/mol. The molecule has 0 saturated heterocycles. The first kappa shape index (κ1) is 22.5. The Morgan fingerprint density at radius 3 is 2.66 bits per heavy atom. The Labute approximate surface area is 192 Å². The fourth-order valence-corrected chi connectivity index (χ4v) is 5.61. The highest BCUT2D eigenvalue weighted by Gasteiger charge is 2.34. The maximum atomic E-state index is 11.7. The van der Waals surface area contributed by atoms with Crippen molar-refractivity contribution in [3.63, 3.8) is 0 Å². The number of aryl methyl sites for hydroxylation is 1. The lowest BCUT2D eigenvalue weighted by Gasteiger charge is -2.33. The minimum absolute atomic E-state index is 0.0142. The number of anilines is 1. The van der Waals surface area contributed by atoms with Gasteiger partial charge in [-0.3, -0.25) is 0 Å². The number of benzene rings is 2. The first-order valence-corrected chi connectivity index (χ1v) is 12.1. The van der Waals surface area contributed by atoms with Crippen molar-refractivity contribution in [3.05, 3.63) is 76.4 Å². The van der Waals surface area contributed by atoms with Crippen molar-refractivity contribution in [2.45, 2.75) is 77.7 Å². The number of phenolic OH excluding ortho intramolecular Hbond substituents is 2. The predicted molar refractivity (Wildman–Crippen MR) is 134 cm³/mol. The number of rotatable bonds is 7. The van der Waals surface area contributed by atoms with Crippen LogP contribution in [0.5, 0.6) is 11.5 Å². The number of phenols is 2. The minimum Gasteiger partial charge on any atom is -0.507 e. The molecule has 0 aromatic heterocycles. The molecule has 32 heavy (non-hydrogen) atoms. The van der Waals surface area contributed by atoms with Gasteiger partial charge in [-0.2, -0.15) is 0 Å². The molecule has 2 aromatic rings. The summed E-state index contributed by atoms with van der Waals surface area (Å²) in [6.07, 6.45) is 9.32. The second-order valence-corrected chi connectivity index (χ2v) is 9.78. The van der Waals surface area contributed by atoms with Crippen LogP contribution < -0.4 is 5.32 Å². The van der Waals surface area contributed by atoms with E-state index in [0.29, 0.717) is 5.56 Å². The summed E-state index contributed by atoms with van der Waals surface area (Å²) >= 11 is 0. The van der Waals surface area contributed by atoms with E-state index in [1.165, 1.54) is 11.1 Å². The summed E-state index contributed by atoms with van der Waals surface area (Å²) in [6.45, 7) is 10.6. The van der Waals surface area contributed by atoms with Crippen LogP contribution in [0.1, 0.15) is 87.1 Å². The van der Waals surface area contributed by atoms with E-state index in [1.54, 1.807) is 0 Å². The van der Waals surface area contributed by atoms with E-state index in [-0.39, 0.29) is 29.4 Å². The molecule has 3 N–H and O–H groups in total. The number of hydrogen-bond acceptors (Lipinski definition) is 3. The highest BCUT2D eigenvalue weighted by molar-refractivity contribution is 5.64. The van der Waals surface area contributed by atoms with Crippen LogP contribution in [0.3, 0.4) is 0 Å². The number of fused-ring (bicyclic) bond motifs is 1. The van der Waals surface area contributed by atoms with Crippen LogP contribution in [0.4, 0.5) is 5.69 Å². The van der Waals surface area contributed by atoms with Gasteiger partial charge in [-0.05, 0) is 75.1 Å². The zero-order chi connectivity index (χ0) is 22.8. The predicted octanol–water partition coefficient (Wildman–Crippen LogP) is 7.56. The van der Waals surface area contributed by atoms with Gasteiger partial charge in [0, 0.05) is 22.7 Å². The van der Waals surface area contributed by atoms with Gasteiger partial charge in [0.05, 0.1) is 6.04 Å².